The molecule has 0 aliphatic carbocycles. The van der Waals surface area contributed by atoms with E-state index in [-0.39, 0.29) is 11.9 Å². The second-order valence-electron chi connectivity index (χ2n) is 4.88. The summed E-state index contributed by atoms with van der Waals surface area (Å²) < 4.78 is 1.87. The van der Waals surface area contributed by atoms with Gasteiger partial charge in [-0.1, -0.05) is 60.7 Å². The second kappa shape index (κ2) is 6.95. The van der Waals surface area contributed by atoms with Gasteiger partial charge in [0.2, 0.25) is 0 Å². The van der Waals surface area contributed by atoms with Gasteiger partial charge in [-0.3, -0.25) is 0 Å². The predicted molar refractivity (Wildman–Crippen MR) is 89.3 cm³/mol. The number of benzene rings is 2. The van der Waals surface area contributed by atoms with Crippen molar-refractivity contribution in [2.24, 2.45) is 0 Å². The van der Waals surface area contributed by atoms with E-state index in [1.165, 1.54) is 0 Å². The van der Waals surface area contributed by atoms with Crippen LogP contribution < -0.4 is 0 Å². The van der Waals surface area contributed by atoms with Gasteiger partial charge in [0.25, 0.3) is 0 Å². The zero-order valence-corrected chi connectivity index (χ0v) is 13.4. The van der Waals surface area contributed by atoms with Crippen molar-refractivity contribution in [2.75, 3.05) is 0 Å². The van der Waals surface area contributed by atoms with Crippen molar-refractivity contribution in [1.82, 2.24) is 14.8 Å². The molecule has 0 spiro atoms. The van der Waals surface area contributed by atoms with Gasteiger partial charge >= 0.3 is 0 Å². The lowest BCUT2D eigenvalue weighted by molar-refractivity contribution is 0.570. The molecule has 1 aromatic heterocycles. The van der Waals surface area contributed by atoms with Crippen LogP contribution in [0, 0.1) is 0 Å². The lowest BCUT2D eigenvalue weighted by Gasteiger charge is -2.20. The summed E-state index contributed by atoms with van der Waals surface area (Å²) in [5.74, 6) is 1.87. The monoisotopic (exact) mass is 331 g/mol. The first kappa shape index (κ1) is 15.1. The summed E-state index contributed by atoms with van der Waals surface area (Å²) >= 11 is 11.9. The maximum atomic E-state index is 6.05. The van der Waals surface area contributed by atoms with Crippen LogP contribution in [0.25, 0.3) is 0 Å². The molecule has 3 rings (SSSR count). The average Bonchev–Trinajstić information content (AvgIpc) is 3.00. The minimum atomic E-state index is -0.0689. The molecule has 0 aliphatic rings. The molecule has 5 heteroatoms. The van der Waals surface area contributed by atoms with Crippen molar-refractivity contribution in [1.29, 1.82) is 0 Å². The van der Waals surface area contributed by atoms with Gasteiger partial charge in [-0.15, -0.1) is 23.2 Å². The summed E-state index contributed by atoms with van der Waals surface area (Å²) in [7, 11) is 0. The molecule has 0 saturated carbocycles. The van der Waals surface area contributed by atoms with Crippen LogP contribution in [0.15, 0.2) is 60.7 Å². The first-order valence-electron chi connectivity index (χ1n) is 6.99. The zero-order valence-electron chi connectivity index (χ0n) is 11.9. The van der Waals surface area contributed by atoms with E-state index in [1.807, 2.05) is 41.1 Å². The van der Waals surface area contributed by atoms with Crippen LogP contribution in [0.4, 0.5) is 0 Å². The van der Waals surface area contributed by atoms with Gasteiger partial charge in [0.15, 0.2) is 5.82 Å². The maximum Gasteiger partial charge on any atom is 0.165 e. The Balaban J connectivity index is 2.16. The fourth-order valence-corrected chi connectivity index (χ4v) is 2.80. The Morgan fingerprint density at radius 1 is 0.818 bits per heavy atom. The fourth-order valence-electron chi connectivity index (χ4n) is 2.50. The Labute approximate surface area is 139 Å². The number of nitrogens with zero attached hydrogens (tertiary/aromatic N) is 3. The number of hydrogen-bond acceptors (Lipinski definition) is 2. The molecule has 0 saturated heterocycles. The van der Waals surface area contributed by atoms with E-state index in [4.69, 9.17) is 23.2 Å². The maximum absolute atomic E-state index is 6.05. The highest BCUT2D eigenvalue weighted by atomic mass is 35.5. The highest BCUT2D eigenvalue weighted by Gasteiger charge is 2.21. The lowest BCUT2D eigenvalue weighted by atomic mass is 9.99. The van der Waals surface area contributed by atoms with Crippen molar-refractivity contribution < 1.29 is 0 Å². The SMILES string of the molecule is ClCc1nc(CCl)n(C(c2ccccc2)c2ccccc2)n1. The van der Waals surface area contributed by atoms with Crippen LogP contribution >= 0.6 is 23.2 Å². The minimum absolute atomic E-state index is 0.0689. The first-order valence-corrected chi connectivity index (χ1v) is 8.06. The molecule has 0 unspecified atom stereocenters. The van der Waals surface area contributed by atoms with E-state index >= 15 is 0 Å². The molecule has 1 heterocycles. The molecule has 0 amide bonds. The van der Waals surface area contributed by atoms with E-state index in [1.54, 1.807) is 0 Å². The van der Waals surface area contributed by atoms with Crippen molar-refractivity contribution in [3.8, 4) is 0 Å². The molecule has 112 valence electrons. The van der Waals surface area contributed by atoms with Crippen molar-refractivity contribution in [3.05, 3.63) is 83.4 Å². The molecule has 0 fully saturated rings. The Bertz CT molecular complexity index is 687. The smallest absolute Gasteiger partial charge is 0.165 e. The van der Waals surface area contributed by atoms with E-state index in [0.717, 1.165) is 17.0 Å². The summed E-state index contributed by atoms with van der Waals surface area (Å²) in [5, 5.41) is 4.54. The standard InChI is InChI=1S/C17H15Cl2N3/c18-11-15-20-16(12-19)22(21-15)17(13-7-3-1-4-8-13)14-9-5-2-6-10-14/h1-10,17H,11-12H2. The number of hydrogen-bond donors (Lipinski definition) is 0. The third kappa shape index (κ3) is 3.01. The fraction of sp³-hybridized carbons (Fsp3) is 0.176. The Morgan fingerprint density at radius 2 is 1.36 bits per heavy atom. The van der Waals surface area contributed by atoms with Gasteiger partial charge in [-0.2, -0.15) is 5.10 Å². The topological polar surface area (TPSA) is 30.7 Å². The average molecular weight is 332 g/mol. The highest BCUT2D eigenvalue weighted by molar-refractivity contribution is 6.17. The molecule has 3 nitrogen and oxygen atoms in total. The molecule has 0 radical (unpaired) electrons. The second-order valence-corrected chi connectivity index (χ2v) is 5.41. The molecular formula is C17H15Cl2N3. The predicted octanol–water partition coefficient (Wildman–Crippen LogP) is 4.39. The molecule has 22 heavy (non-hydrogen) atoms. The van der Waals surface area contributed by atoms with Crippen LogP contribution in [0.5, 0.6) is 0 Å². The van der Waals surface area contributed by atoms with E-state index in [0.29, 0.717) is 11.7 Å². The molecule has 0 aliphatic heterocycles. The van der Waals surface area contributed by atoms with Crippen LogP contribution in [0.3, 0.4) is 0 Å². The largest absolute Gasteiger partial charge is 0.237 e. The van der Waals surface area contributed by atoms with E-state index in [9.17, 15) is 0 Å². The molecular weight excluding hydrogens is 317 g/mol. The third-order valence-electron chi connectivity index (χ3n) is 3.46. The summed E-state index contributed by atoms with van der Waals surface area (Å²) in [4.78, 5) is 4.41. The van der Waals surface area contributed by atoms with Crippen molar-refractivity contribution in [3.63, 3.8) is 0 Å². The van der Waals surface area contributed by atoms with E-state index < -0.39 is 0 Å². The molecule has 0 bridgehead atoms. The summed E-state index contributed by atoms with van der Waals surface area (Å²) in [6, 6.07) is 20.3. The number of aromatic nitrogens is 3. The van der Waals surface area contributed by atoms with Crippen molar-refractivity contribution in [2.45, 2.75) is 17.8 Å². The van der Waals surface area contributed by atoms with Crippen molar-refractivity contribution >= 4 is 23.2 Å². The minimum Gasteiger partial charge on any atom is -0.237 e. The number of halogens is 2. The summed E-state index contributed by atoms with van der Waals surface area (Å²) in [5.41, 5.74) is 2.26. The highest BCUT2D eigenvalue weighted by Crippen LogP contribution is 2.27. The number of alkyl halides is 2. The Hall–Kier alpha value is -1.84. The Kier molecular flexibility index (Phi) is 4.76. The Morgan fingerprint density at radius 3 is 1.82 bits per heavy atom. The van der Waals surface area contributed by atoms with Gasteiger partial charge in [0, 0.05) is 0 Å². The third-order valence-corrected chi connectivity index (χ3v) is 3.94. The van der Waals surface area contributed by atoms with Gasteiger partial charge < -0.3 is 0 Å². The van der Waals surface area contributed by atoms with Crippen LogP contribution in [-0.2, 0) is 11.8 Å². The van der Waals surface area contributed by atoms with Gasteiger partial charge in [-0.05, 0) is 11.1 Å². The van der Waals surface area contributed by atoms with Crippen LogP contribution in [-0.4, -0.2) is 14.8 Å². The summed E-state index contributed by atoms with van der Waals surface area (Å²) in [6.07, 6.45) is 0. The van der Waals surface area contributed by atoms with Gasteiger partial charge in [-0.25, -0.2) is 9.67 Å². The van der Waals surface area contributed by atoms with Crippen LogP contribution in [0.2, 0.25) is 0 Å². The molecule has 0 N–H and O–H groups in total. The van der Waals surface area contributed by atoms with Gasteiger partial charge in [0.1, 0.15) is 11.9 Å². The van der Waals surface area contributed by atoms with Gasteiger partial charge in [0.05, 0.1) is 11.8 Å². The molecule has 2 aromatic carbocycles. The molecule has 3 aromatic rings. The summed E-state index contributed by atoms with van der Waals surface area (Å²) in [6.45, 7) is 0. The quantitative estimate of drug-likeness (QED) is 0.649. The lowest BCUT2D eigenvalue weighted by Crippen LogP contribution is -2.16. The normalized spacial score (nSPS) is 11.0. The van der Waals surface area contributed by atoms with E-state index in [2.05, 4.69) is 34.3 Å². The number of rotatable bonds is 5. The van der Waals surface area contributed by atoms with Crippen LogP contribution in [0.1, 0.15) is 28.8 Å². The molecule has 0 atom stereocenters. The zero-order chi connectivity index (χ0) is 15.4. The first-order chi connectivity index (χ1) is 10.8.